The summed E-state index contributed by atoms with van der Waals surface area (Å²) in [5.41, 5.74) is 0.850. The third-order valence-electron chi connectivity index (χ3n) is 5.43. The smallest absolute Gasteiger partial charge is 0.337 e. The molecule has 0 radical (unpaired) electrons. The minimum atomic E-state index is -0.460. The first-order valence-corrected chi connectivity index (χ1v) is 9.50. The van der Waals surface area contributed by atoms with E-state index in [-0.39, 0.29) is 24.3 Å². The number of quaternary nitrogens is 1. The lowest BCUT2D eigenvalue weighted by molar-refractivity contribution is -0.915. The summed E-state index contributed by atoms with van der Waals surface area (Å²) in [7, 11) is 1.31. The van der Waals surface area contributed by atoms with Gasteiger partial charge < -0.3 is 14.5 Å². The fourth-order valence-electron chi connectivity index (χ4n) is 3.88. The summed E-state index contributed by atoms with van der Waals surface area (Å²) >= 11 is 0. The van der Waals surface area contributed by atoms with Gasteiger partial charge in [0.15, 0.2) is 6.04 Å². The van der Waals surface area contributed by atoms with Crippen LogP contribution in [-0.4, -0.2) is 67.1 Å². The standard InChI is InChI=1S/C20H21N5O4/c1-29-19(28)14-3-5-15(6-4-14)25-17(26)13-16(18(25)27)23-9-11-24(12-10-23)20-21-7-2-8-22-20/h2-8,16H,9-13H2,1H3/p+1/t16-/m1/s1. The lowest BCUT2D eigenvalue weighted by Crippen LogP contribution is -3.19. The SMILES string of the molecule is COC(=O)c1ccc(N2C(=O)C[C@@H]([NH+]3CCN(c4ncccn4)CC3)C2=O)cc1. The fraction of sp³-hybridized carbons (Fsp3) is 0.350. The Hall–Kier alpha value is -3.33. The van der Waals surface area contributed by atoms with Crippen LogP contribution in [0.5, 0.6) is 0 Å². The molecule has 2 aromatic rings. The summed E-state index contributed by atoms with van der Waals surface area (Å²) in [5.74, 6) is -0.182. The van der Waals surface area contributed by atoms with Crippen molar-refractivity contribution in [3.05, 3.63) is 48.3 Å². The maximum absolute atomic E-state index is 13.0. The minimum absolute atomic E-state index is 0.189. The number of amides is 2. The molecule has 0 aliphatic carbocycles. The molecule has 9 heteroatoms. The monoisotopic (exact) mass is 396 g/mol. The van der Waals surface area contributed by atoms with Gasteiger partial charge in [-0.15, -0.1) is 0 Å². The summed E-state index contributed by atoms with van der Waals surface area (Å²) in [6.07, 6.45) is 3.61. The molecule has 2 fully saturated rings. The van der Waals surface area contributed by atoms with Crippen molar-refractivity contribution in [2.45, 2.75) is 12.5 Å². The Labute approximate surface area is 167 Å². The van der Waals surface area contributed by atoms with Crippen molar-refractivity contribution in [1.29, 1.82) is 0 Å². The van der Waals surface area contributed by atoms with Crippen molar-refractivity contribution < 1.29 is 24.0 Å². The molecule has 2 aliphatic heterocycles. The summed E-state index contributed by atoms with van der Waals surface area (Å²) in [5, 5.41) is 0. The highest BCUT2D eigenvalue weighted by Gasteiger charge is 2.46. The fourth-order valence-corrected chi connectivity index (χ4v) is 3.88. The van der Waals surface area contributed by atoms with Crippen LogP contribution in [0, 0.1) is 0 Å². The van der Waals surface area contributed by atoms with Crippen molar-refractivity contribution in [1.82, 2.24) is 9.97 Å². The molecule has 0 bridgehead atoms. The van der Waals surface area contributed by atoms with Gasteiger partial charge in [0, 0.05) is 12.4 Å². The van der Waals surface area contributed by atoms with Gasteiger partial charge in [-0.2, -0.15) is 0 Å². The second-order valence-corrected chi connectivity index (χ2v) is 7.06. The van der Waals surface area contributed by atoms with Gasteiger partial charge in [0.05, 0.1) is 51.0 Å². The molecule has 3 heterocycles. The minimum Gasteiger partial charge on any atom is -0.465 e. The second-order valence-electron chi connectivity index (χ2n) is 7.06. The molecule has 2 amide bonds. The van der Waals surface area contributed by atoms with E-state index in [4.69, 9.17) is 0 Å². The van der Waals surface area contributed by atoms with Gasteiger partial charge in [-0.3, -0.25) is 9.59 Å². The van der Waals surface area contributed by atoms with Crippen molar-refractivity contribution in [3.63, 3.8) is 0 Å². The molecule has 0 saturated carbocycles. The van der Waals surface area contributed by atoms with Gasteiger partial charge in [0.1, 0.15) is 0 Å². The Bertz CT molecular complexity index is 910. The zero-order valence-electron chi connectivity index (χ0n) is 16.1. The number of imide groups is 1. The first-order chi connectivity index (χ1) is 14.1. The Morgan fingerprint density at radius 1 is 1.10 bits per heavy atom. The van der Waals surface area contributed by atoms with Crippen LogP contribution in [0.3, 0.4) is 0 Å². The molecule has 29 heavy (non-hydrogen) atoms. The van der Waals surface area contributed by atoms with E-state index in [1.807, 2.05) is 0 Å². The number of aromatic nitrogens is 2. The van der Waals surface area contributed by atoms with Crippen molar-refractivity contribution in [2.75, 3.05) is 43.1 Å². The molecule has 2 saturated heterocycles. The molecule has 2 aliphatic rings. The number of ether oxygens (including phenoxy) is 1. The van der Waals surface area contributed by atoms with Crippen LogP contribution >= 0.6 is 0 Å². The predicted molar refractivity (Wildman–Crippen MR) is 104 cm³/mol. The molecular weight excluding hydrogens is 374 g/mol. The molecule has 0 spiro atoms. The lowest BCUT2D eigenvalue weighted by atomic mass is 10.1. The average molecular weight is 396 g/mol. The zero-order valence-corrected chi connectivity index (χ0v) is 16.1. The first-order valence-electron chi connectivity index (χ1n) is 9.50. The Morgan fingerprint density at radius 2 is 1.76 bits per heavy atom. The van der Waals surface area contributed by atoms with E-state index in [1.54, 1.807) is 42.7 Å². The van der Waals surface area contributed by atoms with Crippen molar-refractivity contribution in [3.8, 4) is 0 Å². The normalized spacial score (nSPS) is 20.2. The third-order valence-corrected chi connectivity index (χ3v) is 5.43. The number of carbonyl (C=O) groups excluding carboxylic acids is 3. The summed E-state index contributed by atoms with van der Waals surface area (Å²) < 4.78 is 4.68. The highest BCUT2D eigenvalue weighted by atomic mass is 16.5. The van der Waals surface area contributed by atoms with Crippen LogP contribution in [0.4, 0.5) is 11.6 Å². The van der Waals surface area contributed by atoms with E-state index in [9.17, 15) is 14.4 Å². The zero-order chi connectivity index (χ0) is 20.4. The van der Waals surface area contributed by atoms with Crippen LogP contribution in [0.1, 0.15) is 16.8 Å². The Kier molecular flexibility index (Phi) is 5.22. The van der Waals surface area contributed by atoms with Crippen LogP contribution in [0.2, 0.25) is 0 Å². The number of esters is 1. The first kappa shape index (κ1) is 19.0. The molecule has 0 unspecified atom stereocenters. The largest absolute Gasteiger partial charge is 0.465 e. The molecule has 9 nitrogen and oxygen atoms in total. The quantitative estimate of drug-likeness (QED) is 0.539. The van der Waals surface area contributed by atoms with Gasteiger partial charge >= 0.3 is 5.97 Å². The van der Waals surface area contributed by atoms with E-state index < -0.39 is 5.97 Å². The van der Waals surface area contributed by atoms with E-state index in [0.29, 0.717) is 17.2 Å². The molecule has 1 N–H and O–H groups in total. The van der Waals surface area contributed by atoms with Crippen LogP contribution in [0.15, 0.2) is 42.7 Å². The molecule has 4 rings (SSSR count). The number of hydrogen-bond donors (Lipinski definition) is 1. The highest BCUT2D eigenvalue weighted by Crippen LogP contribution is 2.23. The number of nitrogens with one attached hydrogen (secondary N) is 1. The second kappa shape index (κ2) is 7.96. The number of hydrogen-bond acceptors (Lipinski definition) is 7. The molecular formula is C20H22N5O4+. The maximum atomic E-state index is 13.0. The Morgan fingerprint density at radius 3 is 2.38 bits per heavy atom. The number of piperazine rings is 1. The van der Waals surface area contributed by atoms with Crippen LogP contribution in [0.25, 0.3) is 0 Å². The summed E-state index contributed by atoms with van der Waals surface area (Å²) in [6.45, 7) is 2.92. The van der Waals surface area contributed by atoms with Gasteiger partial charge in [0.2, 0.25) is 11.9 Å². The van der Waals surface area contributed by atoms with Crippen LogP contribution < -0.4 is 14.7 Å². The Balaban J connectivity index is 1.43. The van der Waals surface area contributed by atoms with E-state index in [0.717, 1.165) is 31.1 Å². The number of nitrogens with zero attached hydrogens (tertiary/aromatic N) is 4. The predicted octanol–water partition coefficient (Wildman–Crippen LogP) is -0.700. The van der Waals surface area contributed by atoms with E-state index in [1.165, 1.54) is 12.0 Å². The number of methoxy groups -OCH3 is 1. The average Bonchev–Trinajstić information content (AvgIpc) is 3.08. The summed E-state index contributed by atoms with van der Waals surface area (Å²) in [4.78, 5) is 50.1. The van der Waals surface area contributed by atoms with Crippen LogP contribution in [-0.2, 0) is 14.3 Å². The van der Waals surface area contributed by atoms with E-state index in [2.05, 4.69) is 19.6 Å². The van der Waals surface area contributed by atoms with E-state index >= 15 is 0 Å². The van der Waals surface area contributed by atoms with Gasteiger partial charge in [0.25, 0.3) is 5.91 Å². The number of carbonyl (C=O) groups is 3. The van der Waals surface area contributed by atoms with Gasteiger partial charge in [-0.25, -0.2) is 19.7 Å². The molecule has 150 valence electrons. The highest BCUT2D eigenvalue weighted by molar-refractivity contribution is 6.22. The van der Waals surface area contributed by atoms with Crippen molar-refractivity contribution >= 4 is 29.4 Å². The number of rotatable bonds is 4. The summed E-state index contributed by atoms with van der Waals surface area (Å²) in [6, 6.07) is 7.71. The van der Waals surface area contributed by atoms with Gasteiger partial charge in [-0.05, 0) is 30.3 Å². The third kappa shape index (κ3) is 3.68. The molecule has 1 aromatic carbocycles. The number of anilines is 2. The van der Waals surface area contributed by atoms with Gasteiger partial charge in [-0.1, -0.05) is 0 Å². The van der Waals surface area contributed by atoms with Crippen molar-refractivity contribution in [2.24, 2.45) is 0 Å². The number of benzene rings is 1. The topological polar surface area (TPSA) is 97.1 Å². The lowest BCUT2D eigenvalue weighted by Gasteiger charge is -2.34. The molecule has 1 aromatic heterocycles. The molecule has 1 atom stereocenters. The maximum Gasteiger partial charge on any atom is 0.337 e.